The van der Waals surface area contributed by atoms with Crippen molar-refractivity contribution in [2.75, 3.05) is 0 Å². The number of fused-ring (bicyclic) bond motifs is 1. The molecular weight excluding hydrogens is 242 g/mol. The second-order valence-corrected chi connectivity index (χ2v) is 4.26. The third-order valence-corrected chi connectivity index (χ3v) is 2.97. The molecular formula is C14H11N3O2. The molecule has 0 aliphatic carbocycles. The Morgan fingerprint density at radius 3 is 2.74 bits per heavy atom. The van der Waals surface area contributed by atoms with Gasteiger partial charge in [-0.3, -0.25) is 10.1 Å². The molecule has 0 atom stereocenters. The quantitative estimate of drug-likeness (QED) is 0.532. The Balaban J connectivity index is 1.99. The molecule has 0 radical (unpaired) electrons. The van der Waals surface area contributed by atoms with Crippen molar-refractivity contribution in [3.8, 4) is 0 Å². The van der Waals surface area contributed by atoms with Crippen LogP contribution in [0.1, 0.15) is 11.3 Å². The summed E-state index contributed by atoms with van der Waals surface area (Å²) in [5, 5.41) is 11.0. The molecule has 5 nitrogen and oxygen atoms in total. The summed E-state index contributed by atoms with van der Waals surface area (Å²) < 4.78 is 1.91. The predicted molar refractivity (Wildman–Crippen MR) is 71.1 cm³/mol. The highest BCUT2D eigenvalue weighted by Gasteiger charge is 2.13. The molecule has 0 saturated carbocycles. The van der Waals surface area contributed by atoms with Gasteiger partial charge in [-0.1, -0.05) is 24.3 Å². The van der Waals surface area contributed by atoms with Crippen LogP contribution in [0.3, 0.4) is 0 Å². The minimum absolute atomic E-state index is 0.138. The lowest BCUT2D eigenvalue weighted by molar-refractivity contribution is -0.385. The number of hydrogen-bond acceptors (Lipinski definition) is 3. The maximum Gasteiger partial charge on any atom is 0.272 e. The number of para-hydroxylation sites is 1. The second-order valence-electron chi connectivity index (χ2n) is 4.26. The number of nitro benzene ring substituents is 1. The zero-order valence-corrected chi connectivity index (χ0v) is 10.1. The van der Waals surface area contributed by atoms with Gasteiger partial charge in [0, 0.05) is 30.4 Å². The molecule has 3 aromatic rings. The molecule has 94 valence electrons. The van der Waals surface area contributed by atoms with Crippen molar-refractivity contribution < 1.29 is 4.92 Å². The van der Waals surface area contributed by atoms with Gasteiger partial charge >= 0.3 is 0 Å². The molecule has 19 heavy (non-hydrogen) atoms. The Kier molecular flexibility index (Phi) is 2.72. The normalized spacial score (nSPS) is 10.7. The molecule has 0 amide bonds. The molecule has 0 aliphatic heterocycles. The average Bonchev–Trinajstić information content (AvgIpc) is 2.81. The van der Waals surface area contributed by atoms with Gasteiger partial charge in [0.25, 0.3) is 5.69 Å². The van der Waals surface area contributed by atoms with E-state index in [1.54, 1.807) is 18.2 Å². The maximum absolute atomic E-state index is 11.0. The van der Waals surface area contributed by atoms with E-state index in [4.69, 9.17) is 0 Å². The molecule has 0 bridgehead atoms. The van der Waals surface area contributed by atoms with Crippen LogP contribution in [0.4, 0.5) is 5.69 Å². The van der Waals surface area contributed by atoms with Gasteiger partial charge in [-0.15, -0.1) is 0 Å². The summed E-state index contributed by atoms with van der Waals surface area (Å²) >= 11 is 0. The first-order chi connectivity index (χ1) is 9.24. The number of nitro groups is 1. The highest BCUT2D eigenvalue weighted by Crippen LogP contribution is 2.20. The largest absolute Gasteiger partial charge is 0.307 e. The molecule has 0 aliphatic rings. The fourth-order valence-electron chi connectivity index (χ4n) is 2.11. The Morgan fingerprint density at radius 1 is 1.16 bits per heavy atom. The van der Waals surface area contributed by atoms with E-state index in [1.807, 2.05) is 35.0 Å². The van der Waals surface area contributed by atoms with E-state index in [0.29, 0.717) is 12.0 Å². The van der Waals surface area contributed by atoms with Gasteiger partial charge in [0.15, 0.2) is 0 Å². The van der Waals surface area contributed by atoms with Crippen LogP contribution < -0.4 is 0 Å². The maximum atomic E-state index is 11.0. The number of benzene rings is 1. The summed E-state index contributed by atoms with van der Waals surface area (Å²) in [6, 6.07) is 12.5. The Morgan fingerprint density at radius 2 is 1.95 bits per heavy atom. The number of hydrogen-bond donors (Lipinski definition) is 0. The van der Waals surface area contributed by atoms with Crippen LogP contribution in [0, 0.1) is 10.1 Å². The number of pyridine rings is 1. The monoisotopic (exact) mass is 253 g/mol. The first-order valence-corrected chi connectivity index (χ1v) is 5.89. The minimum atomic E-state index is -0.356. The van der Waals surface area contributed by atoms with E-state index in [-0.39, 0.29) is 10.6 Å². The Bertz CT molecular complexity index is 716. The van der Waals surface area contributed by atoms with Crippen LogP contribution in [0.5, 0.6) is 0 Å². The number of rotatable bonds is 3. The first-order valence-electron chi connectivity index (χ1n) is 5.89. The first kappa shape index (κ1) is 11.4. The van der Waals surface area contributed by atoms with E-state index in [1.165, 1.54) is 6.07 Å². The van der Waals surface area contributed by atoms with Gasteiger partial charge in [0.05, 0.1) is 10.6 Å². The second kappa shape index (κ2) is 4.53. The Hall–Kier alpha value is -2.69. The summed E-state index contributed by atoms with van der Waals surface area (Å²) in [7, 11) is 0. The molecule has 0 spiro atoms. The van der Waals surface area contributed by atoms with Gasteiger partial charge in [0.1, 0.15) is 5.65 Å². The average molecular weight is 253 g/mol. The van der Waals surface area contributed by atoms with Gasteiger partial charge in [-0.05, 0) is 12.1 Å². The van der Waals surface area contributed by atoms with E-state index in [9.17, 15) is 10.1 Å². The summed E-state index contributed by atoms with van der Waals surface area (Å²) in [4.78, 5) is 15.1. The fourth-order valence-corrected chi connectivity index (χ4v) is 2.11. The van der Waals surface area contributed by atoms with E-state index in [2.05, 4.69) is 4.98 Å². The molecule has 0 unspecified atom stereocenters. The number of imidazole rings is 1. The molecule has 0 N–H and O–H groups in total. The van der Waals surface area contributed by atoms with Crippen molar-refractivity contribution in [3.63, 3.8) is 0 Å². The number of nitrogens with zero attached hydrogens (tertiary/aromatic N) is 3. The Labute approximate surface area is 109 Å². The SMILES string of the molecule is O=[N+]([O-])c1ccccc1Cc1cn2ccccc2n1. The van der Waals surface area contributed by atoms with E-state index in [0.717, 1.165) is 11.3 Å². The zero-order chi connectivity index (χ0) is 13.2. The van der Waals surface area contributed by atoms with Crippen molar-refractivity contribution in [3.05, 3.63) is 76.2 Å². The highest BCUT2D eigenvalue weighted by molar-refractivity contribution is 5.44. The molecule has 5 heteroatoms. The highest BCUT2D eigenvalue weighted by atomic mass is 16.6. The standard InChI is InChI=1S/C14H11N3O2/c18-17(19)13-6-2-1-5-11(13)9-12-10-16-8-4-3-7-14(16)15-12/h1-8,10H,9H2. The smallest absolute Gasteiger partial charge is 0.272 e. The van der Waals surface area contributed by atoms with Gasteiger partial charge in [-0.25, -0.2) is 4.98 Å². The lowest BCUT2D eigenvalue weighted by atomic mass is 10.1. The zero-order valence-electron chi connectivity index (χ0n) is 10.1. The molecule has 2 heterocycles. The molecule has 0 fully saturated rings. The summed E-state index contributed by atoms with van der Waals surface area (Å²) in [5.41, 5.74) is 2.48. The molecule has 2 aromatic heterocycles. The lowest BCUT2D eigenvalue weighted by Crippen LogP contribution is -1.96. The molecule has 3 rings (SSSR count). The van der Waals surface area contributed by atoms with Gasteiger partial charge < -0.3 is 4.40 Å². The predicted octanol–water partition coefficient (Wildman–Crippen LogP) is 2.83. The van der Waals surface area contributed by atoms with Crippen LogP contribution in [0.15, 0.2) is 54.9 Å². The van der Waals surface area contributed by atoms with Gasteiger partial charge in [-0.2, -0.15) is 0 Å². The van der Waals surface area contributed by atoms with Gasteiger partial charge in [0.2, 0.25) is 0 Å². The van der Waals surface area contributed by atoms with Crippen molar-refractivity contribution in [2.45, 2.75) is 6.42 Å². The topological polar surface area (TPSA) is 60.4 Å². The third-order valence-electron chi connectivity index (χ3n) is 2.97. The fraction of sp³-hybridized carbons (Fsp3) is 0.0714. The summed E-state index contributed by atoms with van der Waals surface area (Å²) in [6.45, 7) is 0. The number of aromatic nitrogens is 2. The van der Waals surface area contributed by atoms with Crippen molar-refractivity contribution >= 4 is 11.3 Å². The van der Waals surface area contributed by atoms with Crippen LogP contribution >= 0.6 is 0 Å². The van der Waals surface area contributed by atoms with Crippen LogP contribution in [-0.4, -0.2) is 14.3 Å². The van der Waals surface area contributed by atoms with Crippen molar-refractivity contribution in [1.29, 1.82) is 0 Å². The van der Waals surface area contributed by atoms with E-state index < -0.39 is 0 Å². The van der Waals surface area contributed by atoms with Crippen LogP contribution in [0.25, 0.3) is 5.65 Å². The lowest BCUT2D eigenvalue weighted by Gasteiger charge is -1.99. The molecule has 0 saturated heterocycles. The molecule has 1 aromatic carbocycles. The summed E-state index contributed by atoms with van der Waals surface area (Å²) in [6.07, 6.45) is 4.26. The minimum Gasteiger partial charge on any atom is -0.307 e. The van der Waals surface area contributed by atoms with Crippen molar-refractivity contribution in [1.82, 2.24) is 9.38 Å². The van der Waals surface area contributed by atoms with Crippen LogP contribution in [-0.2, 0) is 6.42 Å². The van der Waals surface area contributed by atoms with Crippen molar-refractivity contribution in [2.24, 2.45) is 0 Å². The van der Waals surface area contributed by atoms with Crippen LogP contribution in [0.2, 0.25) is 0 Å². The summed E-state index contributed by atoms with van der Waals surface area (Å²) in [5.74, 6) is 0. The third kappa shape index (κ3) is 2.18. The van der Waals surface area contributed by atoms with E-state index >= 15 is 0 Å².